The van der Waals surface area contributed by atoms with Crippen LogP contribution in [0.2, 0.25) is 0 Å². The zero-order valence-electron chi connectivity index (χ0n) is 10.2. The summed E-state index contributed by atoms with van der Waals surface area (Å²) in [7, 11) is 0. The van der Waals surface area contributed by atoms with Crippen molar-refractivity contribution in [2.75, 3.05) is 5.32 Å². The molecule has 0 saturated heterocycles. The van der Waals surface area contributed by atoms with Gasteiger partial charge in [-0.05, 0) is 37.8 Å². The van der Waals surface area contributed by atoms with Crippen molar-refractivity contribution in [2.24, 2.45) is 0 Å². The summed E-state index contributed by atoms with van der Waals surface area (Å²) in [6.07, 6.45) is 5.04. The van der Waals surface area contributed by atoms with E-state index in [0.717, 1.165) is 0 Å². The van der Waals surface area contributed by atoms with Crippen LogP contribution >= 0.6 is 11.3 Å². The molecule has 0 unspecified atom stereocenters. The smallest absolute Gasteiger partial charge is 0.186 e. The van der Waals surface area contributed by atoms with Crippen LogP contribution in [0.25, 0.3) is 0 Å². The molecule has 2 aromatic heterocycles. The molecule has 5 heteroatoms. The number of rotatable bonds is 3. The number of aryl methyl sites for hydroxylation is 3. The normalized spacial score (nSPS) is 13.7. The van der Waals surface area contributed by atoms with Crippen LogP contribution in [0.5, 0.6) is 0 Å². The number of fused-ring (bicyclic) bond motifs is 1. The first-order chi connectivity index (χ1) is 8.74. The van der Waals surface area contributed by atoms with Gasteiger partial charge in [0.1, 0.15) is 6.33 Å². The van der Waals surface area contributed by atoms with Gasteiger partial charge >= 0.3 is 0 Å². The highest BCUT2D eigenvalue weighted by Gasteiger charge is 2.15. The van der Waals surface area contributed by atoms with E-state index in [1.807, 2.05) is 11.3 Å². The molecule has 0 radical (unpaired) electrons. The van der Waals surface area contributed by atoms with Gasteiger partial charge in [-0.15, -0.1) is 11.3 Å². The third-order valence-electron chi connectivity index (χ3n) is 3.19. The van der Waals surface area contributed by atoms with Crippen molar-refractivity contribution >= 4 is 17.2 Å². The third kappa shape index (κ3) is 2.10. The Hall–Kier alpha value is -1.49. The zero-order valence-corrected chi connectivity index (χ0v) is 11.0. The molecule has 0 bridgehead atoms. The lowest BCUT2D eigenvalue weighted by atomic mass is 10.2. The lowest BCUT2D eigenvalue weighted by Gasteiger charge is -2.05. The summed E-state index contributed by atoms with van der Waals surface area (Å²) in [4.78, 5) is 10.5. The number of hydrogen-bond acceptors (Lipinski definition) is 4. The van der Waals surface area contributed by atoms with Gasteiger partial charge in [-0.1, -0.05) is 0 Å². The van der Waals surface area contributed by atoms with Gasteiger partial charge in [-0.25, -0.2) is 14.4 Å². The molecule has 0 aliphatic heterocycles. The van der Waals surface area contributed by atoms with Crippen molar-refractivity contribution in [3.8, 4) is 0 Å². The van der Waals surface area contributed by atoms with Crippen molar-refractivity contribution in [1.29, 1.82) is 0 Å². The number of nitrogens with zero attached hydrogens (tertiary/aromatic N) is 2. The standard InChI is InChI=1S/C13H14FN3S/c1-8-12(14)13(17-7-16-8)15-6-10-5-9-3-2-4-11(9)18-10/h5,7H,2-4,6H2,1H3,(H,15,16,17). The van der Waals surface area contributed by atoms with E-state index in [1.165, 1.54) is 40.9 Å². The number of anilines is 1. The molecule has 3 rings (SSSR count). The van der Waals surface area contributed by atoms with Crippen molar-refractivity contribution in [1.82, 2.24) is 9.97 Å². The van der Waals surface area contributed by atoms with E-state index in [-0.39, 0.29) is 11.6 Å². The summed E-state index contributed by atoms with van der Waals surface area (Å²) >= 11 is 1.82. The second kappa shape index (κ2) is 4.65. The van der Waals surface area contributed by atoms with Crippen LogP contribution in [-0.4, -0.2) is 9.97 Å². The van der Waals surface area contributed by atoms with Gasteiger partial charge in [0.2, 0.25) is 0 Å². The number of hydrogen-bond donors (Lipinski definition) is 1. The summed E-state index contributed by atoms with van der Waals surface area (Å²) in [6, 6.07) is 2.23. The van der Waals surface area contributed by atoms with Crippen LogP contribution in [-0.2, 0) is 19.4 Å². The molecule has 0 atom stereocenters. The summed E-state index contributed by atoms with van der Waals surface area (Å²) in [6.45, 7) is 2.27. The van der Waals surface area contributed by atoms with E-state index in [0.29, 0.717) is 12.2 Å². The van der Waals surface area contributed by atoms with Crippen molar-refractivity contribution < 1.29 is 4.39 Å². The largest absolute Gasteiger partial charge is 0.363 e. The zero-order chi connectivity index (χ0) is 12.5. The minimum Gasteiger partial charge on any atom is -0.363 e. The lowest BCUT2D eigenvalue weighted by Crippen LogP contribution is -2.04. The van der Waals surface area contributed by atoms with E-state index in [1.54, 1.807) is 6.92 Å². The first-order valence-corrected chi connectivity index (χ1v) is 6.87. The van der Waals surface area contributed by atoms with Crippen molar-refractivity contribution in [3.63, 3.8) is 0 Å². The number of nitrogens with one attached hydrogen (secondary N) is 1. The molecule has 3 nitrogen and oxygen atoms in total. The Morgan fingerprint density at radius 2 is 2.28 bits per heavy atom. The molecule has 1 aliphatic rings. The quantitative estimate of drug-likeness (QED) is 0.924. The van der Waals surface area contributed by atoms with Gasteiger partial charge in [-0.3, -0.25) is 0 Å². The molecule has 0 aromatic carbocycles. The molecular weight excluding hydrogens is 249 g/mol. The van der Waals surface area contributed by atoms with E-state index < -0.39 is 0 Å². The fraction of sp³-hybridized carbons (Fsp3) is 0.385. The highest BCUT2D eigenvalue weighted by Crippen LogP contribution is 2.30. The van der Waals surface area contributed by atoms with Crippen LogP contribution in [0.1, 0.15) is 27.4 Å². The van der Waals surface area contributed by atoms with Gasteiger partial charge in [0.25, 0.3) is 0 Å². The topological polar surface area (TPSA) is 37.8 Å². The molecule has 0 fully saturated rings. The fourth-order valence-electron chi connectivity index (χ4n) is 2.23. The third-order valence-corrected chi connectivity index (χ3v) is 4.43. The van der Waals surface area contributed by atoms with Crippen molar-refractivity contribution in [2.45, 2.75) is 32.7 Å². The molecular formula is C13H14FN3S. The van der Waals surface area contributed by atoms with Crippen LogP contribution in [0.15, 0.2) is 12.4 Å². The highest BCUT2D eigenvalue weighted by molar-refractivity contribution is 7.12. The Morgan fingerprint density at radius 1 is 1.39 bits per heavy atom. The highest BCUT2D eigenvalue weighted by atomic mass is 32.1. The molecule has 2 aromatic rings. The first-order valence-electron chi connectivity index (χ1n) is 6.05. The Bertz CT molecular complexity index is 558. The van der Waals surface area contributed by atoms with Crippen LogP contribution < -0.4 is 5.32 Å². The predicted molar refractivity (Wildman–Crippen MR) is 70.4 cm³/mol. The molecule has 94 valence electrons. The lowest BCUT2D eigenvalue weighted by molar-refractivity contribution is 0.605. The predicted octanol–water partition coefficient (Wildman–Crippen LogP) is 3.09. The number of thiophene rings is 1. The van der Waals surface area contributed by atoms with Crippen LogP contribution in [0.3, 0.4) is 0 Å². The van der Waals surface area contributed by atoms with Crippen LogP contribution in [0, 0.1) is 12.7 Å². The molecule has 18 heavy (non-hydrogen) atoms. The van der Waals surface area contributed by atoms with Gasteiger partial charge < -0.3 is 5.32 Å². The Kier molecular flexibility index (Phi) is 2.99. The summed E-state index contributed by atoms with van der Waals surface area (Å²) in [5.41, 5.74) is 1.84. The maximum Gasteiger partial charge on any atom is 0.186 e. The molecule has 0 amide bonds. The second-order valence-electron chi connectivity index (χ2n) is 4.49. The molecule has 1 N–H and O–H groups in total. The maximum atomic E-state index is 13.7. The molecule has 2 heterocycles. The number of aromatic nitrogens is 2. The summed E-state index contributed by atoms with van der Waals surface area (Å²) in [5, 5.41) is 3.04. The Labute approximate surface area is 109 Å². The van der Waals surface area contributed by atoms with Gasteiger partial charge in [0.15, 0.2) is 11.6 Å². The Morgan fingerprint density at radius 3 is 3.11 bits per heavy atom. The maximum absolute atomic E-state index is 13.7. The fourth-order valence-corrected chi connectivity index (χ4v) is 3.43. The van der Waals surface area contributed by atoms with E-state index in [2.05, 4.69) is 21.4 Å². The van der Waals surface area contributed by atoms with E-state index in [4.69, 9.17) is 0 Å². The summed E-state index contributed by atoms with van der Waals surface area (Å²) < 4.78 is 13.7. The second-order valence-corrected chi connectivity index (χ2v) is 5.71. The first kappa shape index (κ1) is 11.6. The van der Waals surface area contributed by atoms with E-state index in [9.17, 15) is 4.39 Å². The molecule has 0 spiro atoms. The molecule has 1 aliphatic carbocycles. The average Bonchev–Trinajstić information content (AvgIpc) is 2.91. The minimum absolute atomic E-state index is 0.288. The van der Waals surface area contributed by atoms with Crippen LogP contribution in [0.4, 0.5) is 10.2 Å². The van der Waals surface area contributed by atoms with Gasteiger partial charge in [-0.2, -0.15) is 0 Å². The van der Waals surface area contributed by atoms with E-state index >= 15 is 0 Å². The molecule has 0 saturated carbocycles. The van der Waals surface area contributed by atoms with Gasteiger partial charge in [0.05, 0.1) is 12.2 Å². The minimum atomic E-state index is -0.360. The Balaban J connectivity index is 1.72. The number of halogens is 1. The SMILES string of the molecule is Cc1ncnc(NCc2cc3c(s2)CCC3)c1F. The van der Waals surface area contributed by atoms with Crippen molar-refractivity contribution in [3.05, 3.63) is 39.2 Å². The summed E-state index contributed by atoms with van der Waals surface area (Å²) in [5.74, 6) is -0.0716. The average molecular weight is 263 g/mol. The van der Waals surface area contributed by atoms with Gasteiger partial charge in [0, 0.05) is 9.75 Å². The monoisotopic (exact) mass is 263 g/mol.